The second-order valence-corrected chi connectivity index (χ2v) is 9.95. The highest BCUT2D eigenvalue weighted by Gasteiger charge is 2.28. The van der Waals surface area contributed by atoms with Crippen molar-refractivity contribution in [1.29, 1.82) is 0 Å². The summed E-state index contributed by atoms with van der Waals surface area (Å²) < 4.78 is 28.4. The summed E-state index contributed by atoms with van der Waals surface area (Å²) in [6.45, 7) is 5.51. The van der Waals surface area contributed by atoms with Crippen LogP contribution in [-0.2, 0) is 21.2 Å². The molecule has 0 unspecified atom stereocenters. The van der Waals surface area contributed by atoms with Crippen LogP contribution < -0.4 is 5.32 Å². The van der Waals surface area contributed by atoms with Gasteiger partial charge in [0.2, 0.25) is 15.9 Å². The van der Waals surface area contributed by atoms with Crippen molar-refractivity contribution in [3.63, 3.8) is 0 Å². The normalized spacial score (nSPS) is 12.5. The molecule has 0 heterocycles. The van der Waals surface area contributed by atoms with Gasteiger partial charge in [-0.25, -0.2) is 8.42 Å². The quantitative estimate of drug-likeness (QED) is 0.525. The fourth-order valence-electron chi connectivity index (χ4n) is 3.58. The maximum absolute atomic E-state index is 13.6. The van der Waals surface area contributed by atoms with Gasteiger partial charge in [0.15, 0.2) is 0 Å². The molecule has 1 N–H and O–H groups in total. The molecule has 0 saturated heterocycles. The first-order chi connectivity index (χ1) is 15.3. The van der Waals surface area contributed by atoms with Crippen LogP contribution in [0.3, 0.4) is 0 Å². The van der Waals surface area contributed by atoms with Gasteiger partial charge in [0, 0.05) is 6.54 Å². The number of rotatable bonds is 9. The van der Waals surface area contributed by atoms with Gasteiger partial charge in [-0.15, -0.1) is 0 Å². The van der Waals surface area contributed by atoms with Crippen LogP contribution in [0.15, 0.2) is 83.8 Å². The highest BCUT2D eigenvalue weighted by molar-refractivity contribution is 7.89. The van der Waals surface area contributed by atoms with Crippen LogP contribution in [0.4, 0.5) is 0 Å². The predicted molar refractivity (Wildman–Crippen MR) is 128 cm³/mol. The summed E-state index contributed by atoms with van der Waals surface area (Å²) >= 11 is 0. The number of nitrogens with zero attached hydrogens (tertiary/aromatic N) is 1. The Morgan fingerprint density at radius 1 is 0.938 bits per heavy atom. The van der Waals surface area contributed by atoms with Crippen molar-refractivity contribution in [2.45, 2.75) is 38.1 Å². The van der Waals surface area contributed by atoms with E-state index in [2.05, 4.69) is 5.32 Å². The lowest BCUT2D eigenvalue weighted by molar-refractivity contribution is -0.121. The van der Waals surface area contributed by atoms with Crippen molar-refractivity contribution < 1.29 is 13.2 Å². The lowest BCUT2D eigenvalue weighted by atomic mass is 10.1. The summed E-state index contributed by atoms with van der Waals surface area (Å²) in [5.41, 5.74) is 3.51. The number of sulfonamides is 1. The van der Waals surface area contributed by atoms with Gasteiger partial charge in [0.25, 0.3) is 0 Å². The zero-order valence-electron chi connectivity index (χ0n) is 18.8. The van der Waals surface area contributed by atoms with Crippen molar-refractivity contribution >= 4 is 15.9 Å². The molecule has 0 fully saturated rings. The number of nitrogens with one attached hydrogen (secondary N) is 1. The highest BCUT2D eigenvalue weighted by Crippen LogP contribution is 2.22. The number of hydrogen-bond acceptors (Lipinski definition) is 3. The molecule has 3 rings (SSSR count). The van der Waals surface area contributed by atoms with Crippen molar-refractivity contribution in [2.75, 3.05) is 13.1 Å². The van der Waals surface area contributed by atoms with E-state index in [0.717, 1.165) is 16.7 Å². The Kier molecular flexibility index (Phi) is 7.83. The van der Waals surface area contributed by atoms with Gasteiger partial charge in [-0.2, -0.15) is 4.31 Å². The van der Waals surface area contributed by atoms with Crippen molar-refractivity contribution in [2.24, 2.45) is 0 Å². The van der Waals surface area contributed by atoms with Gasteiger partial charge in [-0.05, 0) is 55.5 Å². The van der Waals surface area contributed by atoms with E-state index in [1.165, 1.54) is 4.31 Å². The third kappa shape index (κ3) is 6.05. The number of benzene rings is 3. The molecule has 1 amide bonds. The number of amides is 1. The van der Waals surface area contributed by atoms with Crippen LogP contribution in [0.25, 0.3) is 0 Å². The molecule has 0 aliphatic rings. The van der Waals surface area contributed by atoms with E-state index in [4.69, 9.17) is 0 Å². The Morgan fingerprint density at radius 3 is 2.22 bits per heavy atom. The van der Waals surface area contributed by atoms with Gasteiger partial charge < -0.3 is 5.32 Å². The number of carbonyl (C=O) groups excluding carboxylic acids is 1. The molecule has 5 nitrogen and oxygen atoms in total. The molecule has 3 aromatic rings. The molecule has 0 bridgehead atoms. The monoisotopic (exact) mass is 450 g/mol. The van der Waals surface area contributed by atoms with Gasteiger partial charge in [0.1, 0.15) is 0 Å². The largest absolute Gasteiger partial charge is 0.348 e. The van der Waals surface area contributed by atoms with Crippen LogP contribution in [0, 0.1) is 13.8 Å². The zero-order chi connectivity index (χ0) is 23.1. The van der Waals surface area contributed by atoms with Crippen molar-refractivity contribution in [3.8, 4) is 0 Å². The van der Waals surface area contributed by atoms with E-state index >= 15 is 0 Å². The molecule has 0 aliphatic heterocycles. The maximum Gasteiger partial charge on any atom is 0.243 e. The molecule has 0 spiro atoms. The van der Waals surface area contributed by atoms with Crippen LogP contribution in [0.2, 0.25) is 0 Å². The fourth-order valence-corrected chi connectivity index (χ4v) is 5.29. The fraction of sp³-hybridized carbons (Fsp3) is 0.269. The third-order valence-corrected chi connectivity index (χ3v) is 7.44. The van der Waals surface area contributed by atoms with Gasteiger partial charge >= 0.3 is 0 Å². The average Bonchev–Trinajstić information content (AvgIpc) is 2.79. The van der Waals surface area contributed by atoms with E-state index in [0.29, 0.717) is 12.0 Å². The minimum absolute atomic E-state index is 0.215. The molecule has 3 aromatic carbocycles. The SMILES string of the molecule is Cc1ccc(C)c(S(=O)(=O)N(CCc2ccccc2)CC(=O)N[C@@H](C)c2ccccc2)c1. The molecule has 0 saturated carbocycles. The smallest absolute Gasteiger partial charge is 0.243 e. The number of aryl methyl sites for hydroxylation is 2. The Labute approximate surface area is 191 Å². The van der Waals surface area contributed by atoms with Crippen LogP contribution in [0.1, 0.15) is 35.2 Å². The Balaban J connectivity index is 1.83. The number of carbonyl (C=O) groups is 1. The van der Waals surface area contributed by atoms with Gasteiger partial charge in [-0.3, -0.25) is 4.79 Å². The second-order valence-electron chi connectivity index (χ2n) is 8.04. The standard InChI is InChI=1S/C26H30N2O3S/c1-20-14-15-21(2)25(18-20)32(30,31)28(17-16-23-10-6-4-7-11-23)19-26(29)27-22(3)24-12-8-5-9-13-24/h4-15,18,22H,16-17,19H2,1-3H3,(H,27,29)/t22-/m0/s1. The molecule has 6 heteroatoms. The van der Waals surface area contributed by atoms with Crippen molar-refractivity contribution in [3.05, 3.63) is 101 Å². The van der Waals surface area contributed by atoms with E-state index < -0.39 is 10.0 Å². The highest BCUT2D eigenvalue weighted by atomic mass is 32.2. The Bertz CT molecular complexity index is 1150. The summed E-state index contributed by atoms with van der Waals surface area (Å²) in [4.78, 5) is 13.1. The summed E-state index contributed by atoms with van der Waals surface area (Å²) in [5.74, 6) is -0.330. The predicted octanol–water partition coefficient (Wildman–Crippen LogP) is 4.41. The van der Waals surface area contributed by atoms with Gasteiger partial charge in [0.05, 0.1) is 17.5 Å². The lowest BCUT2D eigenvalue weighted by Gasteiger charge is -2.24. The minimum atomic E-state index is -3.85. The molecule has 0 aliphatic carbocycles. The Hall–Kier alpha value is -2.96. The zero-order valence-corrected chi connectivity index (χ0v) is 19.6. The molecule has 1 atom stereocenters. The summed E-state index contributed by atoms with van der Waals surface area (Å²) in [6, 6.07) is 24.4. The number of hydrogen-bond donors (Lipinski definition) is 1. The molecular formula is C26H30N2O3S. The molecule has 168 valence electrons. The van der Waals surface area contributed by atoms with Crippen molar-refractivity contribution in [1.82, 2.24) is 9.62 Å². The minimum Gasteiger partial charge on any atom is -0.348 e. The summed E-state index contributed by atoms with van der Waals surface area (Å²) in [5, 5.41) is 2.93. The first-order valence-electron chi connectivity index (χ1n) is 10.7. The Morgan fingerprint density at radius 2 is 1.56 bits per heavy atom. The van der Waals surface area contributed by atoms with E-state index in [9.17, 15) is 13.2 Å². The van der Waals surface area contributed by atoms with E-state index in [1.54, 1.807) is 19.1 Å². The molecule has 0 radical (unpaired) electrons. The summed E-state index contributed by atoms with van der Waals surface area (Å²) in [7, 11) is -3.85. The average molecular weight is 451 g/mol. The maximum atomic E-state index is 13.6. The topological polar surface area (TPSA) is 66.5 Å². The summed E-state index contributed by atoms with van der Waals surface area (Å²) in [6.07, 6.45) is 0.520. The lowest BCUT2D eigenvalue weighted by Crippen LogP contribution is -2.42. The third-order valence-electron chi connectivity index (χ3n) is 5.45. The van der Waals surface area contributed by atoms with Gasteiger partial charge in [-0.1, -0.05) is 72.8 Å². The van der Waals surface area contributed by atoms with E-state index in [-0.39, 0.29) is 29.9 Å². The van der Waals surface area contributed by atoms with Crippen LogP contribution in [0.5, 0.6) is 0 Å². The first-order valence-corrected chi connectivity index (χ1v) is 12.2. The molecular weight excluding hydrogens is 420 g/mol. The first kappa shape index (κ1) is 23.7. The van der Waals surface area contributed by atoms with E-state index in [1.807, 2.05) is 80.6 Å². The molecule has 32 heavy (non-hydrogen) atoms. The molecule has 0 aromatic heterocycles. The van der Waals surface area contributed by atoms with Crippen LogP contribution >= 0.6 is 0 Å². The van der Waals surface area contributed by atoms with Crippen LogP contribution in [-0.4, -0.2) is 31.7 Å². The second kappa shape index (κ2) is 10.6.